The Morgan fingerprint density at radius 1 is 1.24 bits per heavy atom. The van der Waals surface area contributed by atoms with Gasteiger partial charge in [0.05, 0.1) is 12.3 Å². The predicted molar refractivity (Wildman–Crippen MR) is 97.9 cm³/mol. The van der Waals surface area contributed by atoms with Crippen molar-refractivity contribution < 1.29 is 4.74 Å². The zero-order chi connectivity index (χ0) is 17.9. The molecule has 0 spiro atoms. The van der Waals surface area contributed by atoms with Gasteiger partial charge in [0, 0.05) is 38.6 Å². The Labute approximate surface area is 151 Å². The minimum atomic E-state index is -0.312. The first-order valence-corrected chi connectivity index (χ1v) is 8.92. The second-order valence-electron chi connectivity index (χ2n) is 7.05. The van der Waals surface area contributed by atoms with Crippen molar-refractivity contribution in [3.63, 3.8) is 0 Å². The summed E-state index contributed by atoms with van der Waals surface area (Å²) < 4.78 is 7.51. The lowest BCUT2D eigenvalue weighted by Gasteiger charge is -2.45. The molecule has 2 aromatic rings. The maximum Gasteiger partial charge on any atom is 0.350 e. The zero-order valence-electron chi connectivity index (χ0n) is 14.9. The number of anilines is 1. The molecule has 134 valence electrons. The number of halogens is 1. The Morgan fingerprint density at radius 3 is 2.76 bits per heavy atom. The average Bonchev–Trinajstić information content (AvgIpc) is 2.56. The van der Waals surface area contributed by atoms with E-state index in [-0.39, 0.29) is 11.7 Å². The summed E-state index contributed by atoms with van der Waals surface area (Å²) in [7, 11) is 3.81. The molecule has 0 radical (unpaired) electrons. The molecule has 4 rings (SSSR count). The first kappa shape index (κ1) is 16.6. The number of piperazine rings is 1. The van der Waals surface area contributed by atoms with Crippen molar-refractivity contribution in [1.82, 2.24) is 19.4 Å². The van der Waals surface area contributed by atoms with E-state index in [1.807, 2.05) is 6.92 Å². The molecule has 8 heteroatoms. The number of pyridine rings is 1. The fourth-order valence-corrected chi connectivity index (χ4v) is 3.92. The van der Waals surface area contributed by atoms with Crippen molar-refractivity contribution >= 4 is 28.5 Å². The monoisotopic (exact) mass is 363 g/mol. The van der Waals surface area contributed by atoms with Crippen molar-refractivity contribution in [1.29, 1.82) is 0 Å². The van der Waals surface area contributed by atoms with Gasteiger partial charge in [0.25, 0.3) is 0 Å². The third-order valence-corrected chi connectivity index (χ3v) is 5.84. The third-order valence-electron chi connectivity index (χ3n) is 5.39. The van der Waals surface area contributed by atoms with E-state index in [9.17, 15) is 4.79 Å². The number of aryl methyl sites for hydroxylation is 2. The van der Waals surface area contributed by atoms with Gasteiger partial charge in [0.15, 0.2) is 11.4 Å². The van der Waals surface area contributed by atoms with Crippen LogP contribution < -0.4 is 15.3 Å². The van der Waals surface area contributed by atoms with Crippen molar-refractivity contribution in [3.05, 3.63) is 21.2 Å². The molecular formula is C17H22ClN5O2. The second-order valence-corrected chi connectivity index (χ2v) is 7.43. The van der Waals surface area contributed by atoms with Crippen LogP contribution >= 0.6 is 11.6 Å². The van der Waals surface area contributed by atoms with Gasteiger partial charge in [-0.15, -0.1) is 0 Å². The highest BCUT2D eigenvalue weighted by atomic mass is 35.5. The summed E-state index contributed by atoms with van der Waals surface area (Å²) >= 11 is 6.49. The van der Waals surface area contributed by atoms with E-state index in [0.29, 0.717) is 40.6 Å². The van der Waals surface area contributed by atoms with E-state index in [0.717, 1.165) is 24.9 Å². The van der Waals surface area contributed by atoms with Gasteiger partial charge in [-0.25, -0.2) is 9.78 Å². The molecule has 2 unspecified atom stereocenters. The topological polar surface area (TPSA) is 63.5 Å². The van der Waals surface area contributed by atoms with Crippen molar-refractivity contribution in [2.45, 2.75) is 32.4 Å². The lowest BCUT2D eigenvalue weighted by Crippen LogP contribution is -2.57. The van der Waals surface area contributed by atoms with E-state index in [1.54, 1.807) is 7.05 Å². The SMILES string of the molecule is Cc1nc2c3c(nc(=O)n2C)N2CC(C)N(C)CC2CCOc3c1Cl. The molecule has 25 heavy (non-hydrogen) atoms. The normalized spacial score (nSPS) is 23.8. The number of likely N-dealkylation sites (N-methyl/N-ethyl adjacent to an activating group) is 1. The van der Waals surface area contributed by atoms with Gasteiger partial charge >= 0.3 is 5.69 Å². The maximum atomic E-state index is 12.5. The van der Waals surface area contributed by atoms with Crippen LogP contribution in [0, 0.1) is 6.92 Å². The number of nitrogens with zero attached hydrogens (tertiary/aromatic N) is 5. The molecule has 1 fully saturated rings. The maximum absolute atomic E-state index is 12.5. The highest BCUT2D eigenvalue weighted by molar-refractivity contribution is 6.34. The summed E-state index contributed by atoms with van der Waals surface area (Å²) in [5.74, 6) is 1.24. The molecule has 4 heterocycles. The van der Waals surface area contributed by atoms with E-state index >= 15 is 0 Å². The first-order valence-electron chi connectivity index (χ1n) is 8.55. The van der Waals surface area contributed by atoms with Crippen LogP contribution in [0.3, 0.4) is 0 Å². The van der Waals surface area contributed by atoms with E-state index in [1.165, 1.54) is 4.57 Å². The Hall–Kier alpha value is -1.86. The van der Waals surface area contributed by atoms with Gasteiger partial charge in [-0.3, -0.25) is 9.47 Å². The quantitative estimate of drug-likeness (QED) is 0.708. The smallest absolute Gasteiger partial charge is 0.350 e. The summed E-state index contributed by atoms with van der Waals surface area (Å²) in [6.07, 6.45) is 0.854. The molecule has 2 atom stereocenters. The summed E-state index contributed by atoms with van der Waals surface area (Å²) in [5, 5.41) is 1.23. The molecular weight excluding hydrogens is 342 g/mol. The minimum Gasteiger partial charge on any atom is -0.491 e. The summed E-state index contributed by atoms with van der Waals surface area (Å²) in [6.45, 7) is 6.30. The summed E-state index contributed by atoms with van der Waals surface area (Å²) in [6, 6.07) is 0.618. The molecule has 2 aromatic heterocycles. The molecule has 2 aliphatic heterocycles. The Bertz CT molecular complexity index is 912. The van der Waals surface area contributed by atoms with E-state index in [4.69, 9.17) is 16.3 Å². The molecule has 0 saturated carbocycles. The molecule has 1 saturated heterocycles. The van der Waals surface area contributed by atoms with Crippen LogP contribution in [-0.4, -0.2) is 58.3 Å². The first-order chi connectivity index (χ1) is 11.9. The fourth-order valence-electron chi connectivity index (χ4n) is 3.73. The van der Waals surface area contributed by atoms with Crippen LogP contribution in [0.4, 0.5) is 5.82 Å². The fraction of sp³-hybridized carbons (Fsp3) is 0.588. The van der Waals surface area contributed by atoms with Gasteiger partial charge < -0.3 is 9.64 Å². The number of aromatic nitrogens is 3. The van der Waals surface area contributed by atoms with Gasteiger partial charge in [0.1, 0.15) is 16.2 Å². The van der Waals surface area contributed by atoms with Gasteiger partial charge in [-0.05, 0) is 20.9 Å². The molecule has 0 N–H and O–H groups in total. The number of rotatable bonds is 0. The van der Waals surface area contributed by atoms with Crippen LogP contribution in [0.2, 0.25) is 5.02 Å². The number of fused-ring (bicyclic) bond motifs is 2. The highest BCUT2D eigenvalue weighted by Crippen LogP contribution is 2.41. The predicted octanol–water partition coefficient (Wildman–Crippen LogP) is 1.58. The standard InChI is InChI=1S/C17H22ClN5O2/c1-9-7-23-11(8-21(9)3)5-6-25-14-12-15(19-10(2)13(14)18)22(4)17(24)20-16(12)23/h9,11H,5-8H2,1-4H3. The summed E-state index contributed by atoms with van der Waals surface area (Å²) in [5.41, 5.74) is 0.910. The van der Waals surface area contributed by atoms with Gasteiger partial charge in [-0.2, -0.15) is 4.98 Å². The van der Waals surface area contributed by atoms with Crippen LogP contribution in [0.1, 0.15) is 19.0 Å². The van der Waals surface area contributed by atoms with Crippen molar-refractivity contribution in [2.24, 2.45) is 7.05 Å². The van der Waals surface area contributed by atoms with Gasteiger partial charge in [-0.1, -0.05) is 11.6 Å². The van der Waals surface area contributed by atoms with Crippen LogP contribution in [0.15, 0.2) is 4.79 Å². The number of hydrogen-bond donors (Lipinski definition) is 0. The van der Waals surface area contributed by atoms with Gasteiger partial charge in [0.2, 0.25) is 0 Å². The highest BCUT2D eigenvalue weighted by Gasteiger charge is 2.35. The van der Waals surface area contributed by atoms with E-state index < -0.39 is 0 Å². The number of hydrogen-bond acceptors (Lipinski definition) is 6. The van der Waals surface area contributed by atoms with Crippen LogP contribution in [0.5, 0.6) is 5.75 Å². The zero-order valence-corrected chi connectivity index (χ0v) is 15.7. The molecule has 2 aliphatic rings. The summed E-state index contributed by atoms with van der Waals surface area (Å²) in [4.78, 5) is 26.0. The third kappa shape index (κ3) is 2.48. The lowest BCUT2D eigenvalue weighted by atomic mass is 10.0. The molecule has 0 amide bonds. The van der Waals surface area contributed by atoms with E-state index in [2.05, 4.69) is 33.7 Å². The van der Waals surface area contributed by atoms with Crippen LogP contribution in [-0.2, 0) is 7.05 Å². The van der Waals surface area contributed by atoms with Crippen LogP contribution in [0.25, 0.3) is 11.0 Å². The average molecular weight is 364 g/mol. The Kier molecular flexibility index (Phi) is 3.88. The largest absolute Gasteiger partial charge is 0.491 e. The molecule has 7 nitrogen and oxygen atoms in total. The van der Waals surface area contributed by atoms with Crippen molar-refractivity contribution in [2.75, 3.05) is 31.6 Å². The Balaban J connectivity index is 2.05. The second kappa shape index (κ2) is 5.85. The lowest BCUT2D eigenvalue weighted by molar-refractivity contribution is 0.179. The van der Waals surface area contributed by atoms with Crippen molar-refractivity contribution in [3.8, 4) is 5.75 Å². The minimum absolute atomic E-state index is 0.247. The molecule has 0 bridgehead atoms. The number of ether oxygens (including phenoxy) is 1. The Morgan fingerprint density at radius 2 is 2.00 bits per heavy atom. The molecule has 0 aromatic carbocycles. The molecule has 0 aliphatic carbocycles.